The van der Waals surface area contributed by atoms with Crippen LogP contribution < -0.4 is 10.1 Å². The normalized spacial score (nSPS) is 19.2. The van der Waals surface area contributed by atoms with Gasteiger partial charge in [-0.15, -0.1) is 0 Å². The molecule has 4 nitrogen and oxygen atoms in total. The van der Waals surface area contributed by atoms with E-state index >= 15 is 0 Å². The monoisotopic (exact) mass is 249 g/mol. The van der Waals surface area contributed by atoms with Gasteiger partial charge in [-0.2, -0.15) is 0 Å². The predicted octanol–water partition coefficient (Wildman–Crippen LogP) is 1.12. The molecule has 2 N–H and O–H groups in total. The Kier molecular flexibility index (Phi) is 3.87. The fourth-order valence-corrected chi connectivity index (χ4v) is 2.03. The van der Waals surface area contributed by atoms with Gasteiger partial charge in [0.05, 0.1) is 12.6 Å². The van der Waals surface area contributed by atoms with E-state index in [0.717, 1.165) is 11.3 Å². The van der Waals surface area contributed by atoms with E-state index in [2.05, 4.69) is 5.32 Å². The minimum absolute atomic E-state index is 0.0525. The summed E-state index contributed by atoms with van der Waals surface area (Å²) in [6.07, 6.45) is 0.119. The molecule has 0 bridgehead atoms. The number of carbonyl (C=O) groups is 1. The molecule has 0 aliphatic carbocycles. The first-order valence-corrected chi connectivity index (χ1v) is 6.27. The maximum atomic E-state index is 12.0. The maximum Gasteiger partial charge on any atom is 0.261 e. The number of aliphatic hydroxyl groups is 1. The highest BCUT2D eigenvalue weighted by molar-refractivity contribution is 5.82. The van der Waals surface area contributed by atoms with Crippen molar-refractivity contribution in [2.24, 2.45) is 5.92 Å². The number of rotatable bonds is 4. The first-order valence-electron chi connectivity index (χ1n) is 6.27. The summed E-state index contributed by atoms with van der Waals surface area (Å²) in [5.74, 6) is 0.824. The smallest absolute Gasteiger partial charge is 0.261 e. The highest BCUT2D eigenvalue weighted by Crippen LogP contribution is 2.28. The summed E-state index contributed by atoms with van der Waals surface area (Å²) in [6, 6.07) is 7.45. The van der Waals surface area contributed by atoms with Gasteiger partial charge in [-0.25, -0.2) is 0 Å². The van der Waals surface area contributed by atoms with Gasteiger partial charge in [0.1, 0.15) is 5.75 Å². The fraction of sp³-hybridized carbons (Fsp3) is 0.500. The third kappa shape index (κ3) is 2.64. The molecule has 18 heavy (non-hydrogen) atoms. The lowest BCUT2D eigenvalue weighted by molar-refractivity contribution is -0.128. The summed E-state index contributed by atoms with van der Waals surface area (Å²) in [5.41, 5.74) is 1.06. The molecule has 98 valence electrons. The molecule has 1 heterocycles. The Balaban J connectivity index is 1.97. The van der Waals surface area contributed by atoms with Crippen LogP contribution >= 0.6 is 0 Å². The standard InChI is InChI=1S/C14H19NO3/c1-9(2)11(8-16)15-14(17)13-7-10-5-3-4-6-12(10)18-13/h3-6,9,11,13,16H,7-8H2,1-2H3,(H,15,17). The van der Waals surface area contributed by atoms with Gasteiger partial charge < -0.3 is 15.2 Å². The van der Waals surface area contributed by atoms with Crippen molar-refractivity contribution in [1.82, 2.24) is 5.32 Å². The molecular weight excluding hydrogens is 230 g/mol. The summed E-state index contributed by atoms with van der Waals surface area (Å²) >= 11 is 0. The average molecular weight is 249 g/mol. The summed E-state index contributed by atoms with van der Waals surface area (Å²) in [4.78, 5) is 12.0. The van der Waals surface area contributed by atoms with Crippen LogP contribution in [0.1, 0.15) is 19.4 Å². The molecule has 4 heteroatoms. The third-order valence-corrected chi connectivity index (χ3v) is 3.27. The number of hydrogen-bond donors (Lipinski definition) is 2. The van der Waals surface area contributed by atoms with Crippen LogP contribution in [-0.4, -0.2) is 29.8 Å². The predicted molar refractivity (Wildman–Crippen MR) is 68.4 cm³/mol. The minimum atomic E-state index is -0.477. The van der Waals surface area contributed by atoms with E-state index in [9.17, 15) is 9.90 Å². The third-order valence-electron chi connectivity index (χ3n) is 3.27. The highest BCUT2D eigenvalue weighted by atomic mass is 16.5. The Hall–Kier alpha value is -1.55. The second-order valence-electron chi connectivity index (χ2n) is 4.96. The molecule has 0 radical (unpaired) electrons. The van der Waals surface area contributed by atoms with E-state index in [4.69, 9.17) is 4.74 Å². The van der Waals surface area contributed by atoms with Gasteiger partial charge in [-0.05, 0) is 17.5 Å². The number of carbonyl (C=O) groups excluding carboxylic acids is 1. The van der Waals surface area contributed by atoms with E-state index in [1.807, 2.05) is 38.1 Å². The summed E-state index contributed by atoms with van der Waals surface area (Å²) in [7, 11) is 0. The molecule has 0 saturated heterocycles. The van der Waals surface area contributed by atoms with Crippen molar-refractivity contribution in [2.45, 2.75) is 32.4 Å². The Labute approximate surface area is 107 Å². The first-order chi connectivity index (χ1) is 8.61. The molecule has 0 spiro atoms. The zero-order chi connectivity index (χ0) is 13.1. The van der Waals surface area contributed by atoms with Gasteiger partial charge in [-0.3, -0.25) is 4.79 Å². The Morgan fingerprint density at radius 3 is 2.83 bits per heavy atom. The molecule has 1 aromatic rings. The van der Waals surface area contributed by atoms with Crippen LogP contribution in [0.25, 0.3) is 0 Å². The van der Waals surface area contributed by atoms with Gasteiger partial charge in [0.15, 0.2) is 6.10 Å². The number of benzene rings is 1. The van der Waals surface area contributed by atoms with Crippen LogP contribution in [0.4, 0.5) is 0 Å². The zero-order valence-electron chi connectivity index (χ0n) is 10.7. The first kappa shape index (κ1) is 12.9. The van der Waals surface area contributed by atoms with E-state index in [-0.39, 0.29) is 24.5 Å². The molecule has 1 amide bonds. The maximum absolute atomic E-state index is 12.0. The number of fused-ring (bicyclic) bond motifs is 1. The van der Waals surface area contributed by atoms with E-state index in [1.54, 1.807) is 0 Å². The fourth-order valence-electron chi connectivity index (χ4n) is 2.03. The zero-order valence-corrected chi connectivity index (χ0v) is 10.7. The molecule has 1 aliphatic heterocycles. The Morgan fingerprint density at radius 1 is 1.50 bits per heavy atom. The molecule has 1 aromatic carbocycles. The van der Waals surface area contributed by atoms with Gasteiger partial charge >= 0.3 is 0 Å². The van der Waals surface area contributed by atoms with Crippen molar-refractivity contribution in [3.8, 4) is 5.75 Å². The van der Waals surface area contributed by atoms with Crippen molar-refractivity contribution >= 4 is 5.91 Å². The van der Waals surface area contributed by atoms with Crippen LogP contribution in [0.15, 0.2) is 24.3 Å². The number of amides is 1. The van der Waals surface area contributed by atoms with Gasteiger partial charge in [0.25, 0.3) is 5.91 Å². The second-order valence-corrected chi connectivity index (χ2v) is 4.96. The van der Waals surface area contributed by atoms with Crippen molar-refractivity contribution in [3.05, 3.63) is 29.8 Å². The van der Waals surface area contributed by atoms with Crippen molar-refractivity contribution in [2.75, 3.05) is 6.61 Å². The molecular formula is C14H19NO3. The SMILES string of the molecule is CC(C)C(CO)NC(=O)C1Cc2ccccc2O1. The topological polar surface area (TPSA) is 58.6 Å². The Morgan fingerprint density at radius 2 is 2.22 bits per heavy atom. The lowest BCUT2D eigenvalue weighted by Gasteiger charge is -2.21. The summed E-state index contributed by atoms with van der Waals surface area (Å²) in [5, 5.41) is 12.0. The quantitative estimate of drug-likeness (QED) is 0.840. The second kappa shape index (κ2) is 5.40. The lowest BCUT2D eigenvalue weighted by atomic mass is 10.0. The molecule has 0 fully saturated rings. The van der Waals surface area contributed by atoms with Crippen LogP contribution in [0.3, 0.4) is 0 Å². The average Bonchev–Trinajstić information content (AvgIpc) is 2.79. The highest BCUT2D eigenvalue weighted by Gasteiger charge is 2.30. The molecule has 2 atom stereocenters. The van der Waals surface area contributed by atoms with Crippen molar-refractivity contribution in [3.63, 3.8) is 0 Å². The van der Waals surface area contributed by atoms with Crippen LogP contribution in [0.5, 0.6) is 5.75 Å². The van der Waals surface area contributed by atoms with Crippen LogP contribution in [-0.2, 0) is 11.2 Å². The minimum Gasteiger partial charge on any atom is -0.480 e. The number of ether oxygens (including phenoxy) is 1. The van der Waals surface area contributed by atoms with Gasteiger partial charge in [-0.1, -0.05) is 32.0 Å². The molecule has 1 aliphatic rings. The summed E-state index contributed by atoms with van der Waals surface area (Å²) in [6.45, 7) is 3.87. The number of nitrogens with one attached hydrogen (secondary N) is 1. The Bertz CT molecular complexity index is 406. The molecule has 0 aromatic heterocycles. The summed E-state index contributed by atoms with van der Waals surface area (Å²) < 4.78 is 5.60. The number of hydrogen-bond acceptors (Lipinski definition) is 3. The molecule has 2 rings (SSSR count). The number of aliphatic hydroxyl groups excluding tert-OH is 1. The molecule has 2 unspecified atom stereocenters. The van der Waals surface area contributed by atoms with Crippen LogP contribution in [0.2, 0.25) is 0 Å². The van der Waals surface area contributed by atoms with Crippen LogP contribution in [0, 0.1) is 5.92 Å². The van der Waals surface area contributed by atoms with E-state index in [1.165, 1.54) is 0 Å². The van der Waals surface area contributed by atoms with Gasteiger partial charge in [0.2, 0.25) is 0 Å². The van der Waals surface area contributed by atoms with Crippen molar-refractivity contribution in [1.29, 1.82) is 0 Å². The van der Waals surface area contributed by atoms with Gasteiger partial charge in [0, 0.05) is 6.42 Å². The molecule has 0 saturated carbocycles. The lowest BCUT2D eigenvalue weighted by Crippen LogP contribution is -2.47. The van der Waals surface area contributed by atoms with E-state index in [0.29, 0.717) is 6.42 Å². The van der Waals surface area contributed by atoms with E-state index < -0.39 is 6.10 Å². The number of para-hydroxylation sites is 1. The largest absolute Gasteiger partial charge is 0.480 e. The van der Waals surface area contributed by atoms with Crippen molar-refractivity contribution < 1.29 is 14.6 Å².